The molecule has 0 atom stereocenters. The molecule has 0 radical (unpaired) electrons. The number of likely N-dealkylation sites (N-methyl/N-ethyl adjacent to an activating group) is 1. The Morgan fingerprint density at radius 1 is 1.06 bits per heavy atom. The number of hydrogen-bond donors (Lipinski definition) is 1. The molecule has 2 rings (SSSR count). The number of anilines is 1. The van der Waals surface area contributed by atoms with Crippen LogP contribution >= 0.6 is 0 Å². The zero-order valence-electron chi connectivity index (χ0n) is 20.0. The van der Waals surface area contributed by atoms with E-state index in [1.54, 1.807) is 20.2 Å². The summed E-state index contributed by atoms with van der Waals surface area (Å²) in [7, 11) is 3.19. The van der Waals surface area contributed by atoms with Crippen LogP contribution in [0.5, 0.6) is 11.5 Å². The number of ether oxygens (including phenoxy) is 2. The molecule has 0 unspecified atom stereocenters. The minimum atomic E-state index is -0.264. The van der Waals surface area contributed by atoms with Crippen molar-refractivity contribution in [2.75, 3.05) is 32.6 Å². The Morgan fingerprint density at radius 2 is 1.75 bits per heavy atom. The first-order valence-electron chi connectivity index (χ1n) is 10.9. The molecule has 0 saturated heterocycles. The summed E-state index contributed by atoms with van der Waals surface area (Å²) in [6.45, 7) is 8.64. The van der Waals surface area contributed by atoms with Gasteiger partial charge in [0.15, 0.2) is 11.5 Å². The van der Waals surface area contributed by atoms with Crippen LogP contribution < -0.4 is 14.8 Å². The molecule has 6 heteroatoms. The van der Waals surface area contributed by atoms with Crippen LogP contribution in [0.25, 0.3) is 6.08 Å². The summed E-state index contributed by atoms with van der Waals surface area (Å²) in [5, 5.41) is 2.92. The van der Waals surface area contributed by atoms with Gasteiger partial charge in [-0.25, -0.2) is 0 Å². The highest BCUT2D eigenvalue weighted by molar-refractivity contribution is 5.98. The zero-order valence-corrected chi connectivity index (χ0v) is 20.0. The van der Waals surface area contributed by atoms with Crippen molar-refractivity contribution in [3.8, 4) is 11.5 Å². The fourth-order valence-electron chi connectivity index (χ4n) is 3.38. The summed E-state index contributed by atoms with van der Waals surface area (Å²) in [6.07, 6.45) is 5.18. The van der Waals surface area contributed by atoms with Gasteiger partial charge < -0.3 is 19.7 Å². The van der Waals surface area contributed by atoms with Crippen molar-refractivity contribution in [3.05, 3.63) is 58.7 Å². The molecule has 32 heavy (non-hydrogen) atoms. The number of benzene rings is 2. The Hall–Kier alpha value is -3.28. The maximum absolute atomic E-state index is 12.5. The Labute approximate surface area is 191 Å². The van der Waals surface area contributed by atoms with Gasteiger partial charge in [0, 0.05) is 18.8 Å². The minimum absolute atomic E-state index is 0.0382. The molecule has 0 aromatic heterocycles. The summed E-state index contributed by atoms with van der Waals surface area (Å²) >= 11 is 0. The average molecular weight is 439 g/mol. The highest BCUT2D eigenvalue weighted by Crippen LogP contribution is 2.28. The van der Waals surface area contributed by atoms with E-state index in [1.165, 1.54) is 11.0 Å². The summed E-state index contributed by atoms with van der Waals surface area (Å²) in [6, 6.07) is 9.56. The van der Waals surface area contributed by atoms with Gasteiger partial charge in [-0.15, -0.1) is 0 Å². The van der Waals surface area contributed by atoms with Crippen molar-refractivity contribution >= 4 is 23.6 Å². The predicted octanol–water partition coefficient (Wildman–Crippen LogP) is 4.91. The largest absolute Gasteiger partial charge is 0.493 e. The molecule has 0 spiro atoms. The summed E-state index contributed by atoms with van der Waals surface area (Å²) in [5.74, 6) is 0.798. The van der Waals surface area contributed by atoms with Crippen LogP contribution in [0.4, 0.5) is 5.69 Å². The number of carbonyl (C=O) groups excluding carboxylic acids is 2. The van der Waals surface area contributed by atoms with Crippen LogP contribution in [-0.2, 0) is 9.59 Å². The van der Waals surface area contributed by atoms with Gasteiger partial charge in [-0.1, -0.05) is 37.1 Å². The Morgan fingerprint density at radius 3 is 2.38 bits per heavy atom. The number of rotatable bonds is 10. The highest BCUT2D eigenvalue weighted by Gasteiger charge is 2.13. The number of carbonyl (C=O) groups is 2. The fraction of sp³-hybridized carbons (Fsp3) is 0.385. The lowest BCUT2D eigenvalue weighted by molar-refractivity contribution is -0.129. The first-order valence-corrected chi connectivity index (χ1v) is 10.9. The Kier molecular flexibility index (Phi) is 9.32. The quantitative estimate of drug-likeness (QED) is 0.423. The second-order valence-corrected chi connectivity index (χ2v) is 7.96. The lowest BCUT2D eigenvalue weighted by atomic mass is 10.1. The van der Waals surface area contributed by atoms with Crippen LogP contribution in [-0.4, -0.2) is 44.0 Å². The van der Waals surface area contributed by atoms with Crippen molar-refractivity contribution in [1.82, 2.24) is 4.90 Å². The third-order valence-corrected chi connectivity index (χ3v) is 5.06. The fourth-order valence-corrected chi connectivity index (χ4v) is 3.38. The van der Waals surface area contributed by atoms with Crippen LogP contribution in [0.2, 0.25) is 0 Å². The normalized spacial score (nSPS) is 10.8. The number of hydrogen-bond acceptors (Lipinski definition) is 4. The van der Waals surface area contributed by atoms with Crippen LogP contribution in [0.1, 0.15) is 42.0 Å². The van der Waals surface area contributed by atoms with E-state index in [4.69, 9.17) is 9.47 Å². The molecule has 172 valence electrons. The van der Waals surface area contributed by atoms with E-state index in [-0.39, 0.29) is 18.4 Å². The highest BCUT2D eigenvalue weighted by atomic mass is 16.5. The molecular formula is C26H34N2O4. The van der Waals surface area contributed by atoms with Crippen LogP contribution in [0.3, 0.4) is 0 Å². The van der Waals surface area contributed by atoms with E-state index in [1.807, 2.05) is 51.1 Å². The second kappa shape index (κ2) is 11.9. The van der Waals surface area contributed by atoms with E-state index < -0.39 is 0 Å². The minimum Gasteiger partial charge on any atom is -0.493 e. The van der Waals surface area contributed by atoms with Crippen molar-refractivity contribution in [2.45, 2.75) is 40.5 Å². The van der Waals surface area contributed by atoms with E-state index in [0.29, 0.717) is 18.1 Å². The lowest BCUT2D eigenvalue weighted by Gasteiger charge is -2.17. The molecule has 0 heterocycles. The Bertz CT molecular complexity index is 959. The van der Waals surface area contributed by atoms with Crippen molar-refractivity contribution < 1.29 is 19.1 Å². The van der Waals surface area contributed by atoms with Gasteiger partial charge in [0.05, 0.1) is 20.3 Å². The smallest absolute Gasteiger partial charge is 0.246 e. The van der Waals surface area contributed by atoms with Gasteiger partial charge in [0.2, 0.25) is 11.8 Å². The number of unbranched alkanes of at least 4 members (excludes halogenated alkanes) is 1. The zero-order chi connectivity index (χ0) is 23.7. The molecule has 2 amide bonds. The summed E-state index contributed by atoms with van der Waals surface area (Å²) in [4.78, 5) is 26.3. The van der Waals surface area contributed by atoms with E-state index in [2.05, 4.69) is 12.2 Å². The lowest BCUT2D eigenvalue weighted by Crippen LogP contribution is -2.34. The monoisotopic (exact) mass is 438 g/mol. The van der Waals surface area contributed by atoms with Crippen molar-refractivity contribution in [3.63, 3.8) is 0 Å². The molecule has 2 aromatic carbocycles. The van der Waals surface area contributed by atoms with Crippen LogP contribution in [0.15, 0.2) is 36.4 Å². The van der Waals surface area contributed by atoms with Crippen LogP contribution in [0, 0.1) is 20.8 Å². The molecule has 0 bridgehead atoms. The topological polar surface area (TPSA) is 67.9 Å². The van der Waals surface area contributed by atoms with Crippen molar-refractivity contribution in [1.29, 1.82) is 0 Å². The molecule has 0 aliphatic rings. The van der Waals surface area contributed by atoms with Gasteiger partial charge >= 0.3 is 0 Å². The third-order valence-electron chi connectivity index (χ3n) is 5.06. The van der Waals surface area contributed by atoms with Gasteiger partial charge in [-0.3, -0.25) is 9.59 Å². The van der Waals surface area contributed by atoms with Crippen molar-refractivity contribution in [2.24, 2.45) is 0 Å². The third kappa shape index (κ3) is 7.15. The molecule has 0 fully saturated rings. The number of nitrogens with one attached hydrogen (secondary N) is 1. The molecular weight excluding hydrogens is 404 g/mol. The molecule has 1 N–H and O–H groups in total. The van der Waals surface area contributed by atoms with Gasteiger partial charge in [-0.05, 0) is 62.1 Å². The molecule has 2 aromatic rings. The van der Waals surface area contributed by atoms with Gasteiger partial charge in [0.1, 0.15) is 0 Å². The number of amides is 2. The molecule has 0 aliphatic carbocycles. The van der Waals surface area contributed by atoms with E-state index in [0.717, 1.165) is 40.8 Å². The molecule has 0 saturated carbocycles. The number of aryl methyl sites for hydroxylation is 3. The molecule has 6 nitrogen and oxygen atoms in total. The standard InChI is InChI=1S/C26H34N2O4/c1-7-8-13-32-22-11-9-21(16-23(22)31-6)10-12-25(30)28(5)17-24(29)27-26-19(3)14-18(2)15-20(26)4/h9-12,14-16H,7-8,13,17H2,1-6H3,(H,27,29)/b12-10+. The maximum atomic E-state index is 12.5. The average Bonchev–Trinajstić information content (AvgIpc) is 2.75. The second-order valence-electron chi connectivity index (χ2n) is 7.96. The Balaban J connectivity index is 1.97. The number of nitrogens with zero attached hydrogens (tertiary/aromatic N) is 1. The first kappa shape index (κ1) is 25.0. The van der Waals surface area contributed by atoms with Gasteiger partial charge in [-0.2, -0.15) is 0 Å². The number of methoxy groups -OCH3 is 1. The first-order chi connectivity index (χ1) is 15.2. The SMILES string of the molecule is CCCCOc1ccc(/C=C/C(=O)N(C)CC(=O)Nc2c(C)cc(C)cc2C)cc1OC. The predicted molar refractivity (Wildman–Crippen MR) is 129 cm³/mol. The van der Waals surface area contributed by atoms with Gasteiger partial charge in [0.25, 0.3) is 0 Å². The molecule has 0 aliphatic heterocycles. The summed E-state index contributed by atoms with van der Waals surface area (Å²) < 4.78 is 11.1. The van der Waals surface area contributed by atoms with E-state index >= 15 is 0 Å². The van der Waals surface area contributed by atoms with E-state index in [9.17, 15) is 9.59 Å². The maximum Gasteiger partial charge on any atom is 0.246 e. The summed E-state index contributed by atoms with van der Waals surface area (Å²) in [5.41, 5.74) is 4.75.